The lowest BCUT2D eigenvalue weighted by Gasteiger charge is -2.08. The second-order valence-electron chi connectivity index (χ2n) is 5.95. The van der Waals surface area contributed by atoms with E-state index in [1.807, 2.05) is 6.07 Å². The van der Waals surface area contributed by atoms with Gasteiger partial charge in [0.2, 0.25) is 10.0 Å². The van der Waals surface area contributed by atoms with Gasteiger partial charge in [0.05, 0.1) is 10.4 Å². The van der Waals surface area contributed by atoms with E-state index < -0.39 is 15.8 Å². The van der Waals surface area contributed by atoms with Gasteiger partial charge >= 0.3 is 5.76 Å². The largest absolute Gasteiger partial charge is 0.417 e. The van der Waals surface area contributed by atoms with Crippen molar-refractivity contribution >= 4 is 21.1 Å². The summed E-state index contributed by atoms with van der Waals surface area (Å²) in [6, 6.07) is 10.4. The van der Waals surface area contributed by atoms with Crippen LogP contribution in [0.25, 0.3) is 11.1 Å². The smallest absolute Gasteiger partial charge is 0.408 e. The highest BCUT2D eigenvalue weighted by Gasteiger charge is 2.17. The van der Waals surface area contributed by atoms with Crippen LogP contribution < -0.4 is 10.5 Å². The van der Waals surface area contributed by atoms with Crippen LogP contribution in [0.4, 0.5) is 0 Å². The van der Waals surface area contributed by atoms with Gasteiger partial charge in [-0.2, -0.15) is 0 Å². The molecule has 1 aliphatic rings. The molecule has 0 saturated heterocycles. The summed E-state index contributed by atoms with van der Waals surface area (Å²) in [5.41, 5.74) is 4.29. The number of H-pyrrole nitrogens is 1. The highest BCUT2D eigenvalue weighted by Crippen LogP contribution is 2.23. The third kappa shape index (κ3) is 2.76. The van der Waals surface area contributed by atoms with Gasteiger partial charge in [-0.3, -0.25) is 4.98 Å². The maximum atomic E-state index is 12.4. The lowest BCUT2D eigenvalue weighted by molar-refractivity contribution is 0.553. The van der Waals surface area contributed by atoms with Gasteiger partial charge in [-0.25, -0.2) is 17.9 Å². The van der Waals surface area contributed by atoms with Crippen LogP contribution in [0.3, 0.4) is 0 Å². The molecule has 0 radical (unpaired) electrons. The Morgan fingerprint density at radius 3 is 2.79 bits per heavy atom. The molecule has 7 heteroatoms. The fourth-order valence-corrected chi connectivity index (χ4v) is 4.12. The number of rotatable bonds is 4. The zero-order chi connectivity index (χ0) is 16.7. The number of aryl methyl sites for hydroxylation is 2. The normalized spacial score (nSPS) is 14.2. The first-order valence-corrected chi connectivity index (χ1v) is 9.23. The Bertz CT molecular complexity index is 1080. The van der Waals surface area contributed by atoms with E-state index in [9.17, 15) is 13.2 Å². The van der Waals surface area contributed by atoms with E-state index in [-0.39, 0.29) is 17.0 Å². The molecule has 0 atom stereocenters. The van der Waals surface area contributed by atoms with Crippen molar-refractivity contribution in [3.8, 4) is 0 Å². The number of aromatic nitrogens is 1. The van der Waals surface area contributed by atoms with E-state index in [0.29, 0.717) is 5.52 Å². The Labute approximate surface area is 138 Å². The molecule has 6 nitrogen and oxygen atoms in total. The van der Waals surface area contributed by atoms with E-state index in [1.165, 1.54) is 29.3 Å². The molecule has 0 fully saturated rings. The number of benzene rings is 2. The topological polar surface area (TPSA) is 92.2 Å². The second-order valence-corrected chi connectivity index (χ2v) is 7.72. The zero-order valence-corrected chi connectivity index (χ0v) is 13.7. The Hall–Kier alpha value is -2.38. The predicted octanol–water partition coefficient (Wildman–Crippen LogP) is 2.09. The summed E-state index contributed by atoms with van der Waals surface area (Å²) in [4.78, 5) is 13.7. The van der Waals surface area contributed by atoms with E-state index in [1.54, 1.807) is 0 Å². The molecular weight excluding hydrogens is 328 g/mol. The Kier molecular flexibility index (Phi) is 3.54. The zero-order valence-electron chi connectivity index (χ0n) is 12.8. The fourth-order valence-electron chi connectivity index (χ4n) is 3.09. The highest BCUT2D eigenvalue weighted by atomic mass is 32.2. The van der Waals surface area contributed by atoms with E-state index in [2.05, 4.69) is 21.8 Å². The molecule has 1 heterocycles. The minimum absolute atomic E-state index is 0.0684. The van der Waals surface area contributed by atoms with Gasteiger partial charge < -0.3 is 4.42 Å². The quantitative estimate of drug-likeness (QED) is 0.758. The molecule has 0 aliphatic heterocycles. The minimum atomic E-state index is -3.68. The summed E-state index contributed by atoms with van der Waals surface area (Å²) in [6.45, 7) is 0.227. The van der Waals surface area contributed by atoms with Crippen molar-refractivity contribution in [2.24, 2.45) is 0 Å². The number of oxazole rings is 1. The van der Waals surface area contributed by atoms with Gasteiger partial charge in [0, 0.05) is 12.6 Å². The maximum Gasteiger partial charge on any atom is 0.417 e. The number of hydrogen-bond acceptors (Lipinski definition) is 4. The molecule has 2 aromatic carbocycles. The third-order valence-electron chi connectivity index (χ3n) is 4.33. The summed E-state index contributed by atoms with van der Waals surface area (Å²) in [5.74, 6) is -0.606. The fraction of sp³-hybridized carbons (Fsp3) is 0.235. The molecular formula is C17H16N2O4S. The van der Waals surface area contributed by atoms with Crippen molar-refractivity contribution in [2.45, 2.75) is 30.7 Å². The monoisotopic (exact) mass is 344 g/mol. The summed E-state index contributed by atoms with van der Waals surface area (Å²) < 4.78 is 32.4. The molecule has 0 unspecified atom stereocenters. The van der Waals surface area contributed by atoms with Gasteiger partial charge in [-0.05, 0) is 48.1 Å². The Morgan fingerprint density at radius 2 is 1.92 bits per heavy atom. The summed E-state index contributed by atoms with van der Waals surface area (Å²) in [7, 11) is -3.68. The molecule has 1 aromatic heterocycles. The number of fused-ring (bicyclic) bond motifs is 2. The summed E-state index contributed by atoms with van der Waals surface area (Å²) in [6.07, 6.45) is 3.31. The molecule has 124 valence electrons. The second kappa shape index (κ2) is 5.61. The van der Waals surface area contributed by atoms with Crippen LogP contribution in [0.1, 0.15) is 23.1 Å². The number of nitrogens with one attached hydrogen (secondary N) is 2. The molecule has 0 amide bonds. The Balaban J connectivity index is 1.56. The van der Waals surface area contributed by atoms with Crippen LogP contribution in [0, 0.1) is 0 Å². The summed E-state index contributed by atoms with van der Waals surface area (Å²) >= 11 is 0. The van der Waals surface area contributed by atoms with Crippen molar-refractivity contribution in [1.82, 2.24) is 9.71 Å². The first-order valence-electron chi connectivity index (χ1n) is 7.74. The average molecular weight is 344 g/mol. The minimum Gasteiger partial charge on any atom is -0.408 e. The van der Waals surface area contributed by atoms with Crippen LogP contribution in [-0.4, -0.2) is 13.4 Å². The van der Waals surface area contributed by atoms with Gasteiger partial charge in [-0.1, -0.05) is 18.2 Å². The SMILES string of the molecule is O=c1[nH]c2ccc(S(=O)(=O)NCc3ccc4c(c3)CCC4)cc2o1. The van der Waals surface area contributed by atoms with E-state index in [4.69, 9.17) is 4.42 Å². The van der Waals surface area contributed by atoms with Crippen LogP contribution in [0.2, 0.25) is 0 Å². The first kappa shape index (κ1) is 15.2. The predicted molar refractivity (Wildman–Crippen MR) is 89.3 cm³/mol. The molecule has 0 spiro atoms. The molecule has 4 rings (SSSR count). The van der Waals surface area contributed by atoms with Crippen LogP contribution >= 0.6 is 0 Å². The number of sulfonamides is 1. The molecule has 1 aliphatic carbocycles. The van der Waals surface area contributed by atoms with Crippen LogP contribution in [0.15, 0.2) is 50.5 Å². The molecule has 0 bridgehead atoms. The number of aromatic amines is 1. The van der Waals surface area contributed by atoms with Crippen LogP contribution in [0.5, 0.6) is 0 Å². The maximum absolute atomic E-state index is 12.4. The standard InChI is InChI=1S/C17H16N2O4S/c20-17-19-15-7-6-14(9-16(15)23-17)24(21,22)18-10-11-4-5-12-2-1-3-13(12)8-11/h4-9,18H,1-3,10H2,(H,19,20). The number of hydrogen-bond donors (Lipinski definition) is 2. The van der Waals surface area contributed by atoms with Gasteiger partial charge in [0.25, 0.3) is 0 Å². The molecule has 2 N–H and O–H groups in total. The van der Waals surface area contributed by atoms with Gasteiger partial charge in [-0.15, -0.1) is 0 Å². The third-order valence-corrected chi connectivity index (χ3v) is 5.73. The Morgan fingerprint density at radius 1 is 1.08 bits per heavy atom. The first-order chi connectivity index (χ1) is 11.5. The lowest BCUT2D eigenvalue weighted by Crippen LogP contribution is -2.23. The van der Waals surface area contributed by atoms with Crippen molar-refractivity contribution < 1.29 is 12.8 Å². The van der Waals surface area contributed by atoms with Gasteiger partial charge in [0.1, 0.15) is 0 Å². The highest BCUT2D eigenvalue weighted by molar-refractivity contribution is 7.89. The molecule has 3 aromatic rings. The van der Waals surface area contributed by atoms with E-state index >= 15 is 0 Å². The lowest BCUT2D eigenvalue weighted by atomic mass is 10.1. The van der Waals surface area contributed by atoms with Crippen LogP contribution in [-0.2, 0) is 29.4 Å². The van der Waals surface area contributed by atoms with Crippen molar-refractivity contribution in [1.29, 1.82) is 0 Å². The van der Waals surface area contributed by atoms with E-state index in [0.717, 1.165) is 24.8 Å². The molecule has 24 heavy (non-hydrogen) atoms. The average Bonchev–Trinajstić information content (AvgIpc) is 3.16. The summed E-state index contributed by atoms with van der Waals surface area (Å²) in [5, 5.41) is 0. The molecule has 0 saturated carbocycles. The van der Waals surface area contributed by atoms with Crippen molar-refractivity contribution in [3.63, 3.8) is 0 Å². The van der Waals surface area contributed by atoms with Crippen molar-refractivity contribution in [2.75, 3.05) is 0 Å². The van der Waals surface area contributed by atoms with Crippen molar-refractivity contribution in [3.05, 3.63) is 63.6 Å². The van der Waals surface area contributed by atoms with Gasteiger partial charge in [0.15, 0.2) is 5.58 Å².